The first kappa shape index (κ1) is 62.8. The highest BCUT2D eigenvalue weighted by Crippen LogP contribution is 2.26. The van der Waals surface area contributed by atoms with Gasteiger partial charge in [-0.05, 0) is 64.2 Å². The third-order valence-electron chi connectivity index (χ3n) is 12.8. The molecule has 0 saturated carbocycles. The topological polar surface area (TPSA) is 231 Å². The Morgan fingerprint density at radius 2 is 0.884 bits per heavy atom. The summed E-state index contributed by atoms with van der Waals surface area (Å²) in [5.74, 6) is -0.940. The van der Waals surface area contributed by atoms with Gasteiger partial charge in [-0.1, -0.05) is 159 Å². The monoisotopic (exact) mass is 985 g/mol. The largest absolute Gasteiger partial charge is 0.462 e. The molecular weight excluding hydrogens is 889 g/mol. The highest BCUT2D eigenvalue weighted by atomic mass is 16.7. The minimum absolute atomic E-state index is 0.149. The van der Waals surface area contributed by atoms with Crippen molar-refractivity contribution >= 4 is 11.9 Å². The smallest absolute Gasteiger partial charge is 0.306 e. The van der Waals surface area contributed by atoms with E-state index in [9.17, 15) is 45.3 Å². The predicted molar refractivity (Wildman–Crippen MR) is 266 cm³/mol. The summed E-state index contributed by atoms with van der Waals surface area (Å²) in [6.45, 7) is 2.54. The van der Waals surface area contributed by atoms with Gasteiger partial charge in [0.25, 0.3) is 0 Å². The van der Waals surface area contributed by atoms with Gasteiger partial charge < -0.3 is 64.2 Å². The molecule has 0 aliphatic carbocycles. The molecule has 11 atom stereocenters. The summed E-state index contributed by atoms with van der Waals surface area (Å²) in [6.07, 6.45) is 27.4. The van der Waals surface area contributed by atoms with Crippen LogP contribution in [0.4, 0.5) is 0 Å². The molecule has 4 unspecified atom stereocenters. The fourth-order valence-corrected chi connectivity index (χ4v) is 8.35. The third kappa shape index (κ3) is 29.1. The Bertz CT molecular complexity index is 1340. The predicted octanol–water partition coefficient (Wildman–Crippen LogP) is 8.10. The molecule has 0 aromatic carbocycles. The SMILES string of the molecule is CCCC/C=C/C/C=C/CCCCCCCC(=O)O[C@@H](COC(=O)CCCCCCCCCCC/C=C/CCCCCCCC)CO[C@@H]1O[C@H](CO[C@@H]2O[C@H](CO)[C@H](O)C(O)C2O)[C@H](O)C(O)C1O. The lowest BCUT2D eigenvalue weighted by Crippen LogP contribution is -2.61. The van der Waals surface area contributed by atoms with Crippen LogP contribution in [0.3, 0.4) is 0 Å². The zero-order valence-electron chi connectivity index (χ0n) is 42.5. The number of aliphatic hydroxyl groups excluding tert-OH is 7. The molecule has 69 heavy (non-hydrogen) atoms. The van der Waals surface area contributed by atoms with Crippen LogP contribution >= 0.6 is 0 Å². The van der Waals surface area contributed by atoms with Crippen LogP contribution in [-0.2, 0) is 38.0 Å². The van der Waals surface area contributed by atoms with Crippen molar-refractivity contribution in [2.45, 2.75) is 268 Å². The van der Waals surface area contributed by atoms with E-state index in [4.69, 9.17) is 28.4 Å². The van der Waals surface area contributed by atoms with E-state index in [2.05, 4.69) is 50.3 Å². The molecule has 402 valence electrons. The molecule has 15 heteroatoms. The van der Waals surface area contributed by atoms with Crippen LogP contribution in [0.15, 0.2) is 36.5 Å². The first-order chi connectivity index (χ1) is 33.5. The molecule has 0 spiro atoms. The number of carbonyl (C=O) groups is 2. The Morgan fingerprint density at radius 3 is 1.41 bits per heavy atom. The Balaban J connectivity index is 1.78. The van der Waals surface area contributed by atoms with Gasteiger partial charge in [0, 0.05) is 12.8 Å². The third-order valence-corrected chi connectivity index (χ3v) is 12.8. The molecule has 0 radical (unpaired) electrons. The van der Waals surface area contributed by atoms with Crippen molar-refractivity contribution in [2.24, 2.45) is 0 Å². The standard InChI is InChI=1S/C54H96O15/c1-3-5-7-9-11-13-15-17-19-20-21-22-23-25-26-28-30-32-34-36-45(56)64-39-42(67-46(57)37-35-33-31-29-27-24-18-16-14-12-10-8-6-4-2)40-65-53-52(63)50(61)48(59)44(69-53)41-66-54-51(62)49(60)47(58)43(38-55)68-54/h10,12,16-19,42-44,47-55,58-63H,3-9,11,13-15,20-41H2,1-2H3/b12-10+,18-16+,19-17+/t42-,43+,44+,47-,48-,49?,50?,51?,52?,53+,54+/m0/s1. The van der Waals surface area contributed by atoms with Gasteiger partial charge in [-0.2, -0.15) is 0 Å². The Labute approximate surface area is 415 Å². The molecule has 7 N–H and O–H groups in total. The molecule has 2 heterocycles. The van der Waals surface area contributed by atoms with Gasteiger partial charge in [-0.3, -0.25) is 9.59 Å². The van der Waals surface area contributed by atoms with E-state index in [1.165, 1.54) is 96.3 Å². The second-order valence-corrected chi connectivity index (χ2v) is 19.0. The number of hydrogen-bond donors (Lipinski definition) is 7. The lowest BCUT2D eigenvalue weighted by atomic mass is 9.98. The summed E-state index contributed by atoms with van der Waals surface area (Å²) < 4.78 is 33.6. The molecule has 0 aromatic rings. The first-order valence-corrected chi connectivity index (χ1v) is 27.1. The molecule has 0 bridgehead atoms. The molecule has 0 aromatic heterocycles. The van der Waals surface area contributed by atoms with Gasteiger partial charge in [-0.25, -0.2) is 0 Å². The number of unbranched alkanes of at least 4 members (excludes halogenated alkanes) is 22. The fourth-order valence-electron chi connectivity index (χ4n) is 8.35. The van der Waals surface area contributed by atoms with Gasteiger partial charge in [0.1, 0.15) is 55.4 Å². The minimum Gasteiger partial charge on any atom is -0.462 e. The second-order valence-electron chi connectivity index (χ2n) is 19.0. The highest BCUT2D eigenvalue weighted by molar-refractivity contribution is 5.70. The van der Waals surface area contributed by atoms with Gasteiger partial charge in [0.2, 0.25) is 0 Å². The average Bonchev–Trinajstić information content (AvgIpc) is 3.34. The molecule has 15 nitrogen and oxygen atoms in total. The van der Waals surface area contributed by atoms with Gasteiger partial charge in [-0.15, -0.1) is 0 Å². The zero-order valence-corrected chi connectivity index (χ0v) is 42.5. The summed E-state index contributed by atoms with van der Waals surface area (Å²) in [7, 11) is 0. The molecule has 2 aliphatic rings. The number of aliphatic hydroxyl groups is 7. The quantitative estimate of drug-likeness (QED) is 0.0174. The first-order valence-electron chi connectivity index (χ1n) is 27.1. The summed E-state index contributed by atoms with van der Waals surface area (Å²) in [6, 6.07) is 0. The van der Waals surface area contributed by atoms with E-state index < -0.39 is 92.7 Å². The van der Waals surface area contributed by atoms with Crippen molar-refractivity contribution < 1.29 is 73.8 Å². The summed E-state index contributed by atoms with van der Waals surface area (Å²) in [5.41, 5.74) is 0. The van der Waals surface area contributed by atoms with E-state index in [0.29, 0.717) is 12.8 Å². The van der Waals surface area contributed by atoms with Crippen LogP contribution in [0.1, 0.15) is 200 Å². The molecule has 2 fully saturated rings. The van der Waals surface area contributed by atoms with E-state index in [-0.39, 0.29) is 26.1 Å². The number of rotatable bonds is 42. The maximum atomic E-state index is 13.0. The van der Waals surface area contributed by atoms with E-state index in [1.807, 2.05) is 0 Å². The van der Waals surface area contributed by atoms with Crippen molar-refractivity contribution in [3.63, 3.8) is 0 Å². The van der Waals surface area contributed by atoms with Crippen molar-refractivity contribution in [2.75, 3.05) is 26.4 Å². The van der Waals surface area contributed by atoms with Crippen LogP contribution in [0.2, 0.25) is 0 Å². The minimum atomic E-state index is -1.77. The number of carbonyl (C=O) groups excluding carboxylic acids is 2. The molecular formula is C54H96O15. The van der Waals surface area contributed by atoms with Crippen molar-refractivity contribution in [3.8, 4) is 0 Å². The van der Waals surface area contributed by atoms with Crippen molar-refractivity contribution in [1.29, 1.82) is 0 Å². The molecule has 2 saturated heterocycles. The normalized spacial score (nSPS) is 25.8. The maximum absolute atomic E-state index is 13.0. The lowest BCUT2D eigenvalue weighted by Gasteiger charge is -2.42. The maximum Gasteiger partial charge on any atom is 0.306 e. The second kappa shape index (κ2) is 41.2. The number of allylic oxidation sites excluding steroid dienone is 6. The highest BCUT2D eigenvalue weighted by Gasteiger charge is 2.47. The van der Waals surface area contributed by atoms with Crippen LogP contribution < -0.4 is 0 Å². The molecule has 2 aliphatic heterocycles. The van der Waals surface area contributed by atoms with E-state index >= 15 is 0 Å². The van der Waals surface area contributed by atoms with Gasteiger partial charge >= 0.3 is 11.9 Å². The fraction of sp³-hybridized carbons (Fsp3) is 0.852. The number of hydrogen-bond acceptors (Lipinski definition) is 15. The molecule has 2 rings (SSSR count). The summed E-state index contributed by atoms with van der Waals surface area (Å²) >= 11 is 0. The number of esters is 2. The van der Waals surface area contributed by atoms with Crippen LogP contribution in [0.25, 0.3) is 0 Å². The van der Waals surface area contributed by atoms with Gasteiger partial charge in [0.15, 0.2) is 18.7 Å². The summed E-state index contributed by atoms with van der Waals surface area (Å²) in [4.78, 5) is 25.8. The van der Waals surface area contributed by atoms with Gasteiger partial charge in [0.05, 0.1) is 19.8 Å². The van der Waals surface area contributed by atoms with Crippen molar-refractivity contribution in [1.82, 2.24) is 0 Å². The average molecular weight is 985 g/mol. The van der Waals surface area contributed by atoms with Crippen molar-refractivity contribution in [3.05, 3.63) is 36.5 Å². The molecule has 0 amide bonds. The summed E-state index contributed by atoms with van der Waals surface area (Å²) in [5, 5.41) is 72.1. The van der Waals surface area contributed by atoms with Crippen LogP contribution in [0.5, 0.6) is 0 Å². The Kier molecular flexibility index (Phi) is 37.5. The number of ether oxygens (including phenoxy) is 6. The Morgan fingerprint density at radius 1 is 0.464 bits per heavy atom. The van der Waals surface area contributed by atoms with E-state index in [0.717, 1.165) is 64.2 Å². The zero-order chi connectivity index (χ0) is 50.3. The van der Waals surface area contributed by atoms with Crippen LogP contribution in [0, 0.1) is 0 Å². The van der Waals surface area contributed by atoms with Crippen LogP contribution in [-0.4, -0.2) is 142 Å². The Hall–Kier alpha value is -2.28. The lowest BCUT2D eigenvalue weighted by molar-refractivity contribution is -0.332. The van der Waals surface area contributed by atoms with E-state index in [1.54, 1.807) is 0 Å².